The summed E-state index contributed by atoms with van der Waals surface area (Å²) in [5.74, 6) is -2.53. The largest absolute Gasteiger partial charge is 0.481 e. The van der Waals surface area contributed by atoms with Gasteiger partial charge in [-0.05, 0) is 30.9 Å². The average Bonchev–Trinajstić information content (AvgIpc) is 3.03. The maximum absolute atomic E-state index is 13.4. The van der Waals surface area contributed by atoms with Crippen LogP contribution in [0.1, 0.15) is 29.6 Å². The number of likely N-dealkylation sites (tertiary alicyclic amines) is 1. The lowest BCUT2D eigenvalue weighted by molar-refractivity contribution is -0.385. The number of halogens is 1. The highest BCUT2D eigenvalue weighted by atomic mass is 19.1. The molecule has 1 aliphatic heterocycles. The molecule has 2 atom stereocenters. The fourth-order valence-electron chi connectivity index (χ4n) is 3.80. The maximum atomic E-state index is 13.4. The van der Waals surface area contributed by atoms with Crippen LogP contribution in [-0.2, 0) is 4.79 Å². The Labute approximate surface area is 130 Å². The van der Waals surface area contributed by atoms with Crippen LogP contribution in [0.3, 0.4) is 0 Å². The molecular formula is C15H15FN2O5. The number of rotatable bonds is 3. The monoisotopic (exact) mass is 322 g/mol. The summed E-state index contributed by atoms with van der Waals surface area (Å²) < 4.78 is 13.4. The molecule has 7 nitrogen and oxygen atoms in total. The Kier molecular flexibility index (Phi) is 3.54. The van der Waals surface area contributed by atoms with Crippen molar-refractivity contribution >= 4 is 17.6 Å². The molecule has 122 valence electrons. The van der Waals surface area contributed by atoms with E-state index in [-0.39, 0.29) is 24.6 Å². The van der Waals surface area contributed by atoms with Crippen LogP contribution in [0.15, 0.2) is 18.2 Å². The lowest BCUT2D eigenvalue weighted by Crippen LogP contribution is -2.37. The first-order valence-corrected chi connectivity index (χ1v) is 7.32. The zero-order valence-electron chi connectivity index (χ0n) is 12.2. The molecular weight excluding hydrogens is 307 g/mol. The Hall–Kier alpha value is -2.51. The van der Waals surface area contributed by atoms with Crippen LogP contribution in [0.5, 0.6) is 0 Å². The zero-order valence-corrected chi connectivity index (χ0v) is 12.2. The molecule has 1 amide bonds. The van der Waals surface area contributed by atoms with Gasteiger partial charge in [0.25, 0.3) is 11.6 Å². The number of nitro benzene ring substituents is 1. The smallest absolute Gasteiger partial charge is 0.311 e. The van der Waals surface area contributed by atoms with E-state index < -0.39 is 33.7 Å². The third kappa shape index (κ3) is 2.34. The number of aliphatic carboxylic acids is 1. The molecule has 1 aromatic carbocycles. The quantitative estimate of drug-likeness (QED) is 0.678. The van der Waals surface area contributed by atoms with E-state index >= 15 is 0 Å². The highest BCUT2D eigenvalue weighted by Gasteiger charge is 2.56. The predicted octanol–water partition coefficient (Wildman–Crippen LogP) is 2.06. The summed E-state index contributed by atoms with van der Waals surface area (Å²) in [4.78, 5) is 35.8. The molecule has 1 N–H and O–H groups in total. The van der Waals surface area contributed by atoms with Gasteiger partial charge in [-0.15, -0.1) is 0 Å². The first-order chi connectivity index (χ1) is 10.8. The molecule has 8 heteroatoms. The molecule has 0 radical (unpaired) electrons. The van der Waals surface area contributed by atoms with Crippen LogP contribution < -0.4 is 0 Å². The number of carboxylic acids is 1. The van der Waals surface area contributed by atoms with Gasteiger partial charge in [0.05, 0.1) is 10.3 Å². The second kappa shape index (κ2) is 5.29. The fraction of sp³-hybridized carbons (Fsp3) is 0.467. The summed E-state index contributed by atoms with van der Waals surface area (Å²) in [5, 5.41) is 20.6. The van der Waals surface area contributed by atoms with E-state index in [9.17, 15) is 29.2 Å². The molecule has 1 saturated carbocycles. The number of nitrogens with zero attached hydrogens (tertiary/aromatic N) is 2. The minimum Gasteiger partial charge on any atom is -0.481 e. The van der Waals surface area contributed by atoms with Crippen LogP contribution in [0.4, 0.5) is 10.1 Å². The SMILES string of the molecule is O=C(c1cc(F)ccc1[N+](=O)[O-])N1C[C@@H]2CCC[C@@]2(C(=O)O)C1. The Morgan fingerprint density at radius 3 is 2.78 bits per heavy atom. The summed E-state index contributed by atoms with van der Waals surface area (Å²) in [5.41, 5.74) is -1.79. The molecule has 1 aliphatic carbocycles. The van der Waals surface area contributed by atoms with Gasteiger partial charge in [-0.1, -0.05) is 6.42 Å². The Morgan fingerprint density at radius 1 is 1.43 bits per heavy atom. The number of carbonyl (C=O) groups excluding carboxylic acids is 1. The van der Waals surface area contributed by atoms with Gasteiger partial charge in [0, 0.05) is 19.2 Å². The number of fused-ring (bicyclic) bond motifs is 1. The molecule has 0 bridgehead atoms. The Bertz CT molecular complexity index is 707. The lowest BCUT2D eigenvalue weighted by Gasteiger charge is -2.23. The first-order valence-electron chi connectivity index (χ1n) is 7.32. The minimum absolute atomic E-state index is 0.0134. The molecule has 1 heterocycles. The van der Waals surface area contributed by atoms with Crippen molar-refractivity contribution in [3.8, 4) is 0 Å². The van der Waals surface area contributed by atoms with Gasteiger partial charge < -0.3 is 10.0 Å². The molecule has 2 fully saturated rings. The first kappa shape index (κ1) is 15.4. The van der Waals surface area contributed by atoms with Gasteiger partial charge in [-0.25, -0.2) is 4.39 Å². The molecule has 0 spiro atoms. The van der Waals surface area contributed by atoms with E-state index in [1.165, 1.54) is 4.90 Å². The van der Waals surface area contributed by atoms with Gasteiger partial charge in [0.1, 0.15) is 11.4 Å². The molecule has 3 rings (SSSR count). The van der Waals surface area contributed by atoms with Gasteiger partial charge in [0.15, 0.2) is 0 Å². The Morgan fingerprint density at radius 2 is 2.17 bits per heavy atom. The molecule has 2 aliphatic rings. The summed E-state index contributed by atoms with van der Waals surface area (Å²) in [6.07, 6.45) is 1.99. The van der Waals surface area contributed by atoms with Crippen LogP contribution in [0.2, 0.25) is 0 Å². The standard InChI is InChI=1S/C15H15FN2O5/c16-10-3-4-12(18(22)23)11(6-10)13(19)17-7-9-2-1-5-15(9,8-17)14(20)21/h3-4,6,9H,1-2,5,7-8H2,(H,20,21)/t9-,15+/m0/s1. The number of hydrogen-bond donors (Lipinski definition) is 1. The third-order valence-electron chi connectivity index (χ3n) is 4.97. The number of carboxylic acid groups (broad SMARTS) is 1. The lowest BCUT2D eigenvalue weighted by atomic mass is 9.81. The summed E-state index contributed by atoms with van der Waals surface area (Å²) in [6, 6.07) is 2.71. The zero-order chi connectivity index (χ0) is 16.8. The van der Waals surface area contributed by atoms with Crippen molar-refractivity contribution in [3.05, 3.63) is 39.7 Å². The minimum atomic E-state index is -0.974. The van der Waals surface area contributed by atoms with Crippen molar-refractivity contribution in [1.82, 2.24) is 4.90 Å². The molecule has 1 aromatic rings. The van der Waals surface area contributed by atoms with Crippen LogP contribution >= 0.6 is 0 Å². The summed E-state index contributed by atoms with van der Waals surface area (Å²) in [7, 11) is 0. The third-order valence-corrected chi connectivity index (χ3v) is 4.97. The van der Waals surface area contributed by atoms with E-state index in [4.69, 9.17) is 0 Å². The van der Waals surface area contributed by atoms with Crippen molar-refractivity contribution in [2.24, 2.45) is 11.3 Å². The molecule has 0 aromatic heterocycles. The average molecular weight is 322 g/mol. The number of amides is 1. The van der Waals surface area contributed by atoms with E-state index in [1.54, 1.807) is 0 Å². The fourth-order valence-corrected chi connectivity index (χ4v) is 3.80. The number of benzene rings is 1. The van der Waals surface area contributed by atoms with E-state index in [0.29, 0.717) is 12.8 Å². The second-order valence-corrected chi connectivity index (χ2v) is 6.15. The van der Waals surface area contributed by atoms with E-state index in [2.05, 4.69) is 0 Å². The van der Waals surface area contributed by atoms with Gasteiger partial charge in [0.2, 0.25) is 0 Å². The molecule has 23 heavy (non-hydrogen) atoms. The maximum Gasteiger partial charge on any atom is 0.311 e. The van der Waals surface area contributed by atoms with Gasteiger partial charge >= 0.3 is 5.97 Å². The van der Waals surface area contributed by atoms with Crippen molar-refractivity contribution < 1.29 is 24.0 Å². The summed E-state index contributed by atoms with van der Waals surface area (Å²) >= 11 is 0. The number of carbonyl (C=O) groups is 2. The van der Waals surface area contributed by atoms with Crippen molar-refractivity contribution in [2.45, 2.75) is 19.3 Å². The van der Waals surface area contributed by atoms with E-state index in [0.717, 1.165) is 24.6 Å². The highest BCUT2D eigenvalue weighted by molar-refractivity contribution is 5.98. The van der Waals surface area contributed by atoms with Crippen molar-refractivity contribution in [1.29, 1.82) is 0 Å². The van der Waals surface area contributed by atoms with E-state index in [1.807, 2.05) is 0 Å². The van der Waals surface area contributed by atoms with Crippen molar-refractivity contribution in [3.63, 3.8) is 0 Å². The van der Waals surface area contributed by atoms with Crippen LogP contribution in [-0.4, -0.2) is 39.9 Å². The number of hydrogen-bond acceptors (Lipinski definition) is 4. The molecule has 0 unspecified atom stereocenters. The predicted molar refractivity (Wildman–Crippen MR) is 76.4 cm³/mol. The summed E-state index contributed by atoms with van der Waals surface area (Å²) in [6.45, 7) is 0.248. The van der Waals surface area contributed by atoms with Crippen molar-refractivity contribution in [2.75, 3.05) is 13.1 Å². The Balaban J connectivity index is 1.93. The van der Waals surface area contributed by atoms with Gasteiger partial charge in [-0.2, -0.15) is 0 Å². The molecule has 1 saturated heterocycles. The normalized spacial score (nSPS) is 26.1. The van der Waals surface area contributed by atoms with Crippen LogP contribution in [0, 0.1) is 27.3 Å². The van der Waals surface area contributed by atoms with Gasteiger partial charge in [-0.3, -0.25) is 19.7 Å². The topological polar surface area (TPSA) is 101 Å². The number of nitro groups is 1. The van der Waals surface area contributed by atoms with Crippen LogP contribution in [0.25, 0.3) is 0 Å². The highest BCUT2D eigenvalue weighted by Crippen LogP contribution is 2.49. The second-order valence-electron chi connectivity index (χ2n) is 6.15.